The molecule has 3 rings (SSSR count). The third-order valence-electron chi connectivity index (χ3n) is 2.92. The first-order valence-corrected chi connectivity index (χ1v) is 6.36. The zero-order valence-electron chi connectivity index (χ0n) is 11.3. The number of H-pyrrole nitrogens is 1. The maximum Gasteiger partial charge on any atom is 0.272 e. The molecule has 8 heteroatoms. The molecule has 106 valence electrons. The Bertz CT molecular complexity index is 733. The van der Waals surface area contributed by atoms with Gasteiger partial charge >= 0.3 is 0 Å². The summed E-state index contributed by atoms with van der Waals surface area (Å²) in [5.74, 6) is 0.139. The minimum Gasteiger partial charge on any atom is -0.343 e. The van der Waals surface area contributed by atoms with Crippen molar-refractivity contribution in [1.82, 2.24) is 35.7 Å². The molecule has 3 aromatic rings. The highest BCUT2D eigenvalue weighted by molar-refractivity contribution is 5.92. The minimum atomic E-state index is -0.280. The number of nitrogens with one attached hydrogen (secondary N) is 2. The molecule has 0 saturated carbocycles. The van der Waals surface area contributed by atoms with E-state index in [1.54, 1.807) is 10.7 Å². The lowest BCUT2D eigenvalue weighted by atomic mass is 10.3. The molecule has 1 amide bonds. The molecule has 0 radical (unpaired) electrons. The summed E-state index contributed by atoms with van der Waals surface area (Å²) in [6.45, 7) is 2.10. The van der Waals surface area contributed by atoms with Gasteiger partial charge in [0.15, 0.2) is 11.5 Å². The van der Waals surface area contributed by atoms with Gasteiger partial charge in [-0.2, -0.15) is 10.3 Å². The number of hydrogen-bond acceptors (Lipinski definition) is 5. The number of amides is 1. The fourth-order valence-electron chi connectivity index (χ4n) is 1.92. The summed E-state index contributed by atoms with van der Waals surface area (Å²) in [7, 11) is 0. The van der Waals surface area contributed by atoms with Crippen molar-refractivity contribution in [3.8, 4) is 5.69 Å². The minimum absolute atomic E-state index is 0.201. The molecule has 21 heavy (non-hydrogen) atoms. The van der Waals surface area contributed by atoms with E-state index < -0.39 is 0 Å². The predicted octanol–water partition coefficient (Wildman–Crippen LogP) is 0.624. The second-order valence-electron chi connectivity index (χ2n) is 4.43. The molecule has 0 atom stereocenters. The first kappa shape index (κ1) is 13.0. The van der Waals surface area contributed by atoms with Crippen molar-refractivity contribution in [2.24, 2.45) is 0 Å². The molecule has 0 aliphatic rings. The van der Waals surface area contributed by atoms with Crippen LogP contribution >= 0.6 is 0 Å². The fourth-order valence-corrected chi connectivity index (χ4v) is 1.92. The SMILES string of the molecule is Cc1cc(C(=O)NCc2nn[nH]n2)nn1-c1ccccc1. The van der Waals surface area contributed by atoms with Crippen molar-refractivity contribution >= 4 is 5.91 Å². The van der Waals surface area contributed by atoms with Crippen molar-refractivity contribution < 1.29 is 4.79 Å². The van der Waals surface area contributed by atoms with Crippen molar-refractivity contribution in [3.05, 3.63) is 53.6 Å². The highest BCUT2D eigenvalue weighted by Crippen LogP contribution is 2.11. The van der Waals surface area contributed by atoms with Gasteiger partial charge in [0.2, 0.25) is 0 Å². The highest BCUT2D eigenvalue weighted by atomic mass is 16.1. The summed E-state index contributed by atoms with van der Waals surface area (Å²) < 4.78 is 1.73. The van der Waals surface area contributed by atoms with Gasteiger partial charge in [0, 0.05) is 5.69 Å². The van der Waals surface area contributed by atoms with Crippen LogP contribution in [0.25, 0.3) is 5.69 Å². The quantitative estimate of drug-likeness (QED) is 0.731. The van der Waals surface area contributed by atoms with Crippen LogP contribution in [0.2, 0.25) is 0 Å². The molecule has 2 aromatic heterocycles. The number of nitrogens with zero attached hydrogens (tertiary/aromatic N) is 5. The maximum atomic E-state index is 12.1. The number of tetrazole rings is 1. The van der Waals surface area contributed by atoms with Crippen LogP contribution in [0.1, 0.15) is 22.0 Å². The second kappa shape index (κ2) is 5.53. The van der Waals surface area contributed by atoms with Gasteiger partial charge in [-0.05, 0) is 25.1 Å². The molecule has 2 heterocycles. The number of hydrogen-bond donors (Lipinski definition) is 2. The van der Waals surface area contributed by atoms with E-state index in [1.165, 1.54) is 0 Å². The smallest absolute Gasteiger partial charge is 0.272 e. The zero-order valence-corrected chi connectivity index (χ0v) is 11.3. The van der Waals surface area contributed by atoms with E-state index in [1.807, 2.05) is 37.3 Å². The molecule has 0 bridgehead atoms. The Morgan fingerprint density at radius 1 is 1.33 bits per heavy atom. The monoisotopic (exact) mass is 283 g/mol. The van der Waals surface area contributed by atoms with Gasteiger partial charge in [-0.3, -0.25) is 4.79 Å². The standard InChI is InChI=1S/C13H13N7O/c1-9-7-11(13(21)14-8-12-15-18-19-16-12)17-20(9)10-5-3-2-4-6-10/h2-7H,8H2,1H3,(H,14,21)(H,15,16,18,19). The third kappa shape index (κ3) is 2.78. The molecular formula is C13H13N7O. The van der Waals surface area contributed by atoms with Gasteiger partial charge in [0.25, 0.3) is 5.91 Å². The number of carbonyl (C=O) groups is 1. The fraction of sp³-hybridized carbons (Fsp3) is 0.154. The second-order valence-corrected chi connectivity index (χ2v) is 4.43. The van der Waals surface area contributed by atoms with Crippen molar-refractivity contribution in [2.75, 3.05) is 0 Å². The summed E-state index contributed by atoms with van der Waals surface area (Å²) in [6, 6.07) is 11.4. The number of aromatic amines is 1. The van der Waals surface area contributed by atoms with E-state index >= 15 is 0 Å². The van der Waals surface area contributed by atoms with Crippen LogP contribution < -0.4 is 5.32 Å². The Hall–Kier alpha value is -3.03. The molecular weight excluding hydrogens is 270 g/mol. The lowest BCUT2D eigenvalue weighted by molar-refractivity contribution is 0.0944. The number of para-hydroxylation sites is 1. The van der Waals surface area contributed by atoms with Crippen LogP contribution in [-0.4, -0.2) is 36.3 Å². The summed E-state index contributed by atoms with van der Waals surface area (Å²) >= 11 is 0. The number of rotatable bonds is 4. The predicted molar refractivity (Wildman–Crippen MR) is 73.6 cm³/mol. The molecule has 0 fully saturated rings. The zero-order chi connectivity index (χ0) is 14.7. The summed E-state index contributed by atoms with van der Waals surface area (Å²) in [5.41, 5.74) is 2.14. The first-order chi connectivity index (χ1) is 10.2. The van der Waals surface area contributed by atoms with E-state index in [2.05, 4.69) is 31.0 Å². The number of benzene rings is 1. The van der Waals surface area contributed by atoms with Gasteiger partial charge in [0.05, 0.1) is 12.2 Å². The Balaban J connectivity index is 1.76. The molecule has 2 N–H and O–H groups in total. The van der Waals surface area contributed by atoms with Crippen LogP contribution in [0.4, 0.5) is 0 Å². The average molecular weight is 283 g/mol. The number of carbonyl (C=O) groups excluding carboxylic acids is 1. The van der Waals surface area contributed by atoms with Crippen LogP contribution in [0.15, 0.2) is 36.4 Å². The van der Waals surface area contributed by atoms with Gasteiger partial charge in [-0.15, -0.1) is 10.2 Å². The van der Waals surface area contributed by atoms with Crippen molar-refractivity contribution in [2.45, 2.75) is 13.5 Å². The Morgan fingerprint density at radius 2 is 2.14 bits per heavy atom. The molecule has 0 saturated heterocycles. The highest BCUT2D eigenvalue weighted by Gasteiger charge is 2.13. The summed E-state index contributed by atoms with van der Waals surface area (Å²) in [5, 5.41) is 20.3. The Labute approximate surface area is 120 Å². The average Bonchev–Trinajstić information content (AvgIpc) is 3.15. The van der Waals surface area contributed by atoms with E-state index in [0.29, 0.717) is 11.5 Å². The van der Waals surface area contributed by atoms with Gasteiger partial charge < -0.3 is 5.32 Å². The molecule has 1 aromatic carbocycles. The summed E-state index contributed by atoms with van der Waals surface area (Å²) in [6.07, 6.45) is 0. The van der Waals surface area contributed by atoms with Crippen LogP contribution in [0, 0.1) is 6.92 Å². The maximum absolute atomic E-state index is 12.1. The molecule has 8 nitrogen and oxygen atoms in total. The summed E-state index contributed by atoms with van der Waals surface area (Å²) in [4.78, 5) is 12.1. The van der Waals surface area contributed by atoms with E-state index in [-0.39, 0.29) is 12.5 Å². The largest absolute Gasteiger partial charge is 0.343 e. The normalized spacial score (nSPS) is 10.5. The first-order valence-electron chi connectivity index (χ1n) is 6.36. The van der Waals surface area contributed by atoms with Crippen molar-refractivity contribution in [1.29, 1.82) is 0 Å². The van der Waals surface area contributed by atoms with Crippen LogP contribution in [0.5, 0.6) is 0 Å². The Morgan fingerprint density at radius 3 is 2.86 bits per heavy atom. The molecule has 0 aliphatic heterocycles. The molecule has 0 spiro atoms. The molecule has 0 unspecified atom stereocenters. The molecule has 0 aliphatic carbocycles. The lowest BCUT2D eigenvalue weighted by Crippen LogP contribution is -2.24. The topological polar surface area (TPSA) is 101 Å². The van der Waals surface area contributed by atoms with Crippen LogP contribution in [0.3, 0.4) is 0 Å². The van der Waals surface area contributed by atoms with Crippen molar-refractivity contribution in [3.63, 3.8) is 0 Å². The third-order valence-corrected chi connectivity index (χ3v) is 2.92. The lowest BCUT2D eigenvalue weighted by Gasteiger charge is -2.03. The van der Waals surface area contributed by atoms with E-state index in [0.717, 1.165) is 11.4 Å². The number of aromatic nitrogens is 6. The Kier molecular flexibility index (Phi) is 3.42. The van der Waals surface area contributed by atoms with E-state index in [9.17, 15) is 4.79 Å². The van der Waals surface area contributed by atoms with Gasteiger partial charge in [0.1, 0.15) is 0 Å². The number of aryl methyl sites for hydroxylation is 1. The van der Waals surface area contributed by atoms with E-state index in [4.69, 9.17) is 0 Å². The van der Waals surface area contributed by atoms with Gasteiger partial charge in [-0.25, -0.2) is 4.68 Å². The van der Waals surface area contributed by atoms with Gasteiger partial charge in [-0.1, -0.05) is 23.4 Å². The van der Waals surface area contributed by atoms with Crippen LogP contribution in [-0.2, 0) is 6.54 Å².